The van der Waals surface area contributed by atoms with E-state index in [9.17, 15) is 9.59 Å². The number of urea groups is 1. The van der Waals surface area contributed by atoms with Gasteiger partial charge < -0.3 is 25.6 Å². The van der Waals surface area contributed by atoms with Gasteiger partial charge in [0.2, 0.25) is 0 Å². The van der Waals surface area contributed by atoms with Gasteiger partial charge >= 0.3 is 12.0 Å². The van der Waals surface area contributed by atoms with Crippen LogP contribution in [0.5, 0.6) is 5.75 Å². The molecule has 2 amide bonds. The molecule has 0 aliphatic rings. The molecule has 7 heteroatoms. The zero-order valence-corrected chi connectivity index (χ0v) is 10.4. The molecule has 7 nitrogen and oxygen atoms in total. The molecule has 0 bridgehead atoms. The minimum absolute atomic E-state index is 0.369. The van der Waals surface area contributed by atoms with Crippen LogP contribution in [0.25, 0.3) is 0 Å². The van der Waals surface area contributed by atoms with Crippen LogP contribution in [0, 0.1) is 0 Å². The van der Waals surface area contributed by atoms with Gasteiger partial charge in [-0.3, -0.25) is 0 Å². The Morgan fingerprint density at radius 2 is 2.16 bits per heavy atom. The van der Waals surface area contributed by atoms with Crippen LogP contribution in [-0.2, 0) is 4.79 Å². The average molecular weight is 268 g/mol. The second-order valence-electron chi connectivity index (χ2n) is 3.65. The number of benzene rings is 1. The third-order valence-electron chi connectivity index (χ3n) is 2.14. The Balaban J connectivity index is 2.48. The van der Waals surface area contributed by atoms with E-state index in [-0.39, 0.29) is 6.54 Å². The van der Waals surface area contributed by atoms with Gasteiger partial charge in [0, 0.05) is 11.8 Å². The van der Waals surface area contributed by atoms with Crippen molar-refractivity contribution in [2.45, 2.75) is 13.0 Å². The van der Waals surface area contributed by atoms with E-state index in [4.69, 9.17) is 14.9 Å². The normalized spacial score (nSPS) is 11.5. The molecule has 0 heterocycles. The minimum Gasteiger partial charge on any atom is -0.494 e. The Labute approximate surface area is 110 Å². The SMILES string of the molecule is CCOc1cccc(NC(=O)NC[C@H](O)C(=O)O)c1. The molecular weight excluding hydrogens is 252 g/mol. The van der Waals surface area contributed by atoms with Crippen molar-refractivity contribution in [3.05, 3.63) is 24.3 Å². The molecule has 19 heavy (non-hydrogen) atoms. The number of amides is 2. The first-order valence-electron chi connectivity index (χ1n) is 5.71. The van der Waals surface area contributed by atoms with Gasteiger partial charge in [0.1, 0.15) is 5.75 Å². The summed E-state index contributed by atoms with van der Waals surface area (Å²) < 4.78 is 5.27. The highest BCUT2D eigenvalue weighted by atomic mass is 16.5. The Kier molecular flexibility index (Phi) is 5.62. The highest BCUT2D eigenvalue weighted by molar-refractivity contribution is 5.89. The first-order chi connectivity index (χ1) is 9.02. The summed E-state index contributed by atoms with van der Waals surface area (Å²) in [5.41, 5.74) is 0.508. The Morgan fingerprint density at radius 1 is 1.42 bits per heavy atom. The van der Waals surface area contributed by atoms with Gasteiger partial charge in [-0.15, -0.1) is 0 Å². The first-order valence-corrected chi connectivity index (χ1v) is 5.71. The molecule has 0 radical (unpaired) electrons. The van der Waals surface area contributed by atoms with E-state index in [1.807, 2.05) is 6.92 Å². The lowest BCUT2D eigenvalue weighted by atomic mass is 10.3. The molecule has 0 aliphatic carbocycles. The number of carbonyl (C=O) groups is 2. The fourth-order valence-electron chi connectivity index (χ4n) is 1.28. The van der Waals surface area contributed by atoms with Crippen LogP contribution >= 0.6 is 0 Å². The molecule has 1 rings (SSSR count). The molecule has 0 aromatic heterocycles. The molecule has 0 unspecified atom stereocenters. The fourth-order valence-corrected chi connectivity index (χ4v) is 1.28. The molecule has 0 fully saturated rings. The molecule has 4 N–H and O–H groups in total. The predicted octanol–water partition coefficient (Wildman–Crippen LogP) is 0.652. The number of ether oxygens (including phenoxy) is 1. The van der Waals surface area contributed by atoms with E-state index in [1.165, 1.54) is 0 Å². The molecular formula is C12H16N2O5. The maximum atomic E-state index is 11.4. The summed E-state index contributed by atoms with van der Waals surface area (Å²) in [5, 5.41) is 22.2. The van der Waals surface area contributed by atoms with Crippen LogP contribution in [0.15, 0.2) is 24.3 Å². The van der Waals surface area contributed by atoms with E-state index in [0.29, 0.717) is 18.0 Å². The standard InChI is InChI=1S/C12H16N2O5/c1-2-19-9-5-3-4-8(6-9)14-12(18)13-7-10(15)11(16)17/h3-6,10,15H,2,7H2,1H3,(H,16,17)(H2,13,14,18)/t10-/m0/s1. The van der Waals surface area contributed by atoms with Gasteiger partial charge in [-0.2, -0.15) is 0 Å². The van der Waals surface area contributed by atoms with Crippen LogP contribution < -0.4 is 15.4 Å². The highest BCUT2D eigenvalue weighted by Crippen LogP contribution is 2.16. The number of hydrogen-bond acceptors (Lipinski definition) is 4. The Morgan fingerprint density at radius 3 is 2.79 bits per heavy atom. The molecule has 0 spiro atoms. The maximum absolute atomic E-state index is 11.4. The third-order valence-corrected chi connectivity index (χ3v) is 2.14. The van der Waals surface area contributed by atoms with Crippen LogP contribution in [0.2, 0.25) is 0 Å². The molecule has 1 aromatic carbocycles. The summed E-state index contributed by atoms with van der Waals surface area (Å²) in [7, 11) is 0. The van der Waals surface area contributed by atoms with Crippen LogP contribution in [-0.4, -0.2) is 41.5 Å². The van der Waals surface area contributed by atoms with Gasteiger partial charge in [0.25, 0.3) is 0 Å². The average Bonchev–Trinajstić information content (AvgIpc) is 2.36. The lowest BCUT2D eigenvalue weighted by Gasteiger charge is -2.10. The number of aliphatic hydroxyl groups is 1. The number of aliphatic carboxylic acids is 1. The number of rotatable bonds is 6. The fraction of sp³-hybridized carbons (Fsp3) is 0.333. The number of hydrogen-bond donors (Lipinski definition) is 4. The zero-order valence-electron chi connectivity index (χ0n) is 10.4. The first kappa shape index (κ1) is 14.8. The molecule has 0 aliphatic heterocycles. The van der Waals surface area contributed by atoms with Gasteiger partial charge in [-0.25, -0.2) is 9.59 Å². The highest BCUT2D eigenvalue weighted by Gasteiger charge is 2.13. The molecule has 1 aromatic rings. The topological polar surface area (TPSA) is 108 Å². The van der Waals surface area contributed by atoms with E-state index in [1.54, 1.807) is 24.3 Å². The van der Waals surface area contributed by atoms with Gasteiger partial charge in [-0.1, -0.05) is 6.07 Å². The van der Waals surface area contributed by atoms with Crippen molar-refractivity contribution in [1.82, 2.24) is 5.32 Å². The van der Waals surface area contributed by atoms with Crippen molar-refractivity contribution in [2.24, 2.45) is 0 Å². The summed E-state index contributed by atoms with van der Waals surface area (Å²) in [6.45, 7) is 1.99. The monoisotopic (exact) mass is 268 g/mol. The van der Waals surface area contributed by atoms with Crippen molar-refractivity contribution in [3.63, 3.8) is 0 Å². The zero-order chi connectivity index (χ0) is 14.3. The van der Waals surface area contributed by atoms with E-state index in [2.05, 4.69) is 10.6 Å². The molecule has 104 valence electrons. The summed E-state index contributed by atoms with van der Waals surface area (Å²) >= 11 is 0. The number of anilines is 1. The van der Waals surface area contributed by atoms with Crippen LogP contribution in [0.1, 0.15) is 6.92 Å². The number of carboxylic acids is 1. The van der Waals surface area contributed by atoms with Gasteiger partial charge in [0.05, 0.1) is 13.2 Å². The molecule has 1 atom stereocenters. The number of carboxylic acid groups (broad SMARTS) is 1. The van der Waals surface area contributed by atoms with Crippen molar-refractivity contribution in [2.75, 3.05) is 18.5 Å². The smallest absolute Gasteiger partial charge is 0.334 e. The quantitative estimate of drug-likeness (QED) is 0.606. The number of aliphatic hydroxyl groups excluding tert-OH is 1. The van der Waals surface area contributed by atoms with Crippen LogP contribution in [0.4, 0.5) is 10.5 Å². The predicted molar refractivity (Wildman–Crippen MR) is 68.3 cm³/mol. The Bertz CT molecular complexity index is 450. The summed E-state index contributed by atoms with van der Waals surface area (Å²) in [4.78, 5) is 21.8. The number of carbonyl (C=O) groups excluding carboxylic acids is 1. The second kappa shape index (κ2) is 7.22. The lowest BCUT2D eigenvalue weighted by molar-refractivity contribution is -0.146. The minimum atomic E-state index is -1.62. The summed E-state index contributed by atoms with van der Waals surface area (Å²) in [6, 6.07) is 6.16. The third kappa shape index (κ3) is 5.26. The van der Waals surface area contributed by atoms with E-state index < -0.39 is 18.1 Å². The number of nitrogens with one attached hydrogen (secondary N) is 2. The summed E-state index contributed by atoms with van der Waals surface area (Å²) in [6.07, 6.45) is -1.62. The molecule has 0 saturated heterocycles. The van der Waals surface area contributed by atoms with Gasteiger partial charge in [-0.05, 0) is 19.1 Å². The van der Waals surface area contributed by atoms with Gasteiger partial charge in [0.15, 0.2) is 6.10 Å². The van der Waals surface area contributed by atoms with Crippen molar-refractivity contribution < 1.29 is 24.5 Å². The summed E-state index contributed by atoms with van der Waals surface area (Å²) in [5.74, 6) is -0.774. The lowest BCUT2D eigenvalue weighted by Crippen LogP contribution is -2.38. The van der Waals surface area contributed by atoms with Crippen molar-refractivity contribution >= 4 is 17.7 Å². The largest absolute Gasteiger partial charge is 0.494 e. The second-order valence-corrected chi connectivity index (χ2v) is 3.65. The van der Waals surface area contributed by atoms with E-state index >= 15 is 0 Å². The van der Waals surface area contributed by atoms with E-state index in [0.717, 1.165) is 0 Å². The maximum Gasteiger partial charge on any atom is 0.334 e. The van der Waals surface area contributed by atoms with Crippen molar-refractivity contribution in [3.8, 4) is 5.75 Å². The van der Waals surface area contributed by atoms with Crippen molar-refractivity contribution in [1.29, 1.82) is 0 Å². The van der Waals surface area contributed by atoms with Crippen LogP contribution in [0.3, 0.4) is 0 Å². The Hall–Kier alpha value is -2.28. The molecule has 0 saturated carbocycles.